The van der Waals surface area contributed by atoms with Crippen molar-refractivity contribution in [2.75, 3.05) is 19.4 Å². The largest absolute Gasteiger partial charge is 0.388 e. The van der Waals surface area contributed by atoms with Crippen molar-refractivity contribution in [2.45, 2.75) is 71.5 Å². The van der Waals surface area contributed by atoms with Crippen LogP contribution < -0.4 is 10.6 Å². The van der Waals surface area contributed by atoms with Gasteiger partial charge in [-0.1, -0.05) is 37.3 Å². The quantitative estimate of drug-likeness (QED) is 0.230. The number of aromatic nitrogens is 1. The predicted molar refractivity (Wildman–Crippen MR) is 156 cm³/mol. The van der Waals surface area contributed by atoms with Gasteiger partial charge in [0, 0.05) is 35.0 Å². The summed E-state index contributed by atoms with van der Waals surface area (Å²) in [5.74, 6) is -0.0386. The molecule has 11 heteroatoms. The summed E-state index contributed by atoms with van der Waals surface area (Å²) in [5, 5.41) is 38.3. The lowest BCUT2D eigenvalue weighted by atomic mass is 9.92. The number of aliphatic hydroxyl groups excluding tert-OH is 3. The van der Waals surface area contributed by atoms with Crippen molar-refractivity contribution >= 4 is 29.4 Å². The molecule has 2 saturated heterocycles. The van der Waals surface area contributed by atoms with Crippen molar-refractivity contribution in [3.05, 3.63) is 60.9 Å². The minimum absolute atomic E-state index is 0.201. The Morgan fingerprint density at radius 2 is 1.90 bits per heavy atom. The fourth-order valence-electron chi connectivity index (χ4n) is 5.61. The third-order valence-electron chi connectivity index (χ3n) is 7.84. The molecule has 40 heavy (non-hydrogen) atoms. The number of aliphatic hydroxyl groups is 3. The molecule has 1 aromatic heterocycles. The summed E-state index contributed by atoms with van der Waals surface area (Å²) in [6.45, 7) is 3.10. The Balaban J connectivity index is 1.36. The number of hydrogen-bond donors (Lipinski definition) is 5. The van der Waals surface area contributed by atoms with Crippen molar-refractivity contribution in [3.8, 4) is 11.1 Å². The molecule has 10 atom stereocenters. The van der Waals surface area contributed by atoms with Crippen LogP contribution in [0.3, 0.4) is 0 Å². The van der Waals surface area contributed by atoms with Gasteiger partial charge in [-0.25, -0.2) is 0 Å². The number of ether oxygens (including phenoxy) is 2. The van der Waals surface area contributed by atoms with Gasteiger partial charge in [0.25, 0.3) is 0 Å². The van der Waals surface area contributed by atoms with Crippen LogP contribution in [0.25, 0.3) is 11.1 Å². The highest BCUT2D eigenvalue weighted by atomic mass is 32.2. The number of fused-ring (bicyclic) bond motifs is 1. The Labute approximate surface area is 243 Å². The van der Waals surface area contributed by atoms with Gasteiger partial charge >= 0.3 is 0 Å². The number of hydrogen-bond acceptors (Lipinski definition) is 10. The molecule has 5 N–H and O–H groups in total. The highest BCUT2D eigenvalue weighted by Gasteiger charge is 2.49. The lowest BCUT2D eigenvalue weighted by Crippen LogP contribution is -2.65. The van der Waals surface area contributed by atoms with Gasteiger partial charge < -0.3 is 35.4 Å². The zero-order valence-electron chi connectivity index (χ0n) is 22.5. The first-order valence-corrected chi connectivity index (χ1v) is 15.7. The highest BCUT2D eigenvalue weighted by molar-refractivity contribution is 8.00. The maximum absolute atomic E-state index is 13.7. The number of thioether (sulfide) groups is 2. The minimum atomic E-state index is -1.41. The van der Waals surface area contributed by atoms with Crippen LogP contribution in [-0.4, -0.2) is 98.9 Å². The molecule has 3 aliphatic heterocycles. The molecule has 216 valence electrons. The zero-order chi connectivity index (χ0) is 28.2. The lowest BCUT2D eigenvalue weighted by molar-refractivity contribution is -0.205. The number of allylic oxidation sites excluding steroid dienone is 1. The Morgan fingerprint density at radius 1 is 1.10 bits per heavy atom. The second-order valence-corrected chi connectivity index (χ2v) is 12.8. The average Bonchev–Trinajstić information content (AvgIpc) is 3.24. The number of pyridine rings is 1. The van der Waals surface area contributed by atoms with Crippen molar-refractivity contribution < 1.29 is 29.6 Å². The van der Waals surface area contributed by atoms with Crippen LogP contribution in [0.15, 0.2) is 65.8 Å². The molecule has 9 nitrogen and oxygen atoms in total. The van der Waals surface area contributed by atoms with Crippen molar-refractivity contribution in [1.29, 1.82) is 0 Å². The van der Waals surface area contributed by atoms with Crippen LogP contribution in [-0.2, 0) is 14.3 Å². The molecular formula is C29H37N3O6S2. The molecule has 5 unspecified atom stereocenters. The molecule has 0 saturated carbocycles. The molecule has 2 aromatic rings. The molecule has 5 rings (SSSR count). The van der Waals surface area contributed by atoms with E-state index in [4.69, 9.17) is 9.47 Å². The molecule has 0 spiro atoms. The third kappa shape index (κ3) is 6.42. The van der Waals surface area contributed by atoms with E-state index in [9.17, 15) is 20.1 Å². The SMILES string of the molecule is CSC1OC([C@H](NC(=O)[C@H]2NC[C@@H]3CC=CCO[C@H]32)[C@H](C)Sc2ccc(-c3cccnc3)cc2)C(O)C(O)C1O. The van der Waals surface area contributed by atoms with Crippen molar-refractivity contribution in [2.24, 2.45) is 5.92 Å². The summed E-state index contributed by atoms with van der Waals surface area (Å²) in [6.07, 6.45) is 5.00. The Bertz CT molecular complexity index is 1150. The summed E-state index contributed by atoms with van der Waals surface area (Å²) in [4.78, 5) is 18.8. The van der Waals surface area contributed by atoms with E-state index >= 15 is 0 Å². The van der Waals surface area contributed by atoms with Crippen LogP contribution >= 0.6 is 23.5 Å². The molecule has 2 fully saturated rings. The number of amides is 1. The second kappa shape index (κ2) is 13.3. The molecule has 3 aliphatic rings. The van der Waals surface area contributed by atoms with Crippen LogP contribution in [0.5, 0.6) is 0 Å². The maximum atomic E-state index is 13.7. The van der Waals surface area contributed by atoms with Gasteiger partial charge in [-0.3, -0.25) is 9.78 Å². The van der Waals surface area contributed by atoms with E-state index < -0.39 is 41.9 Å². The average molecular weight is 588 g/mol. The number of rotatable bonds is 8. The smallest absolute Gasteiger partial charge is 0.240 e. The lowest BCUT2D eigenvalue weighted by Gasteiger charge is -2.44. The van der Waals surface area contributed by atoms with E-state index in [-0.39, 0.29) is 23.2 Å². The molecule has 0 radical (unpaired) electrons. The van der Waals surface area contributed by atoms with Gasteiger partial charge in [0.1, 0.15) is 35.9 Å². The summed E-state index contributed by atoms with van der Waals surface area (Å²) in [5.41, 5.74) is 1.31. The Hall–Kier alpha value is -1.96. The van der Waals surface area contributed by atoms with Crippen molar-refractivity contribution in [3.63, 3.8) is 0 Å². The first-order chi connectivity index (χ1) is 19.4. The normalized spacial score (nSPS) is 33.5. The van der Waals surface area contributed by atoms with Gasteiger partial charge in [-0.15, -0.1) is 23.5 Å². The van der Waals surface area contributed by atoms with E-state index in [1.807, 2.05) is 55.6 Å². The first kappa shape index (κ1) is 29.5. The zero-order valence-corrected chi connectivity index (χ0v) is 24.1. The van der Waals surface area contributed by atoms with Crippen LogP contribution in [0.2, 0.25) is 0 Å². The van der Waals surface area contributed by atoms with E-state index in [1.165, 1.54) is 23.5 Å². The van der Waals surface area contributed by atoms with E-state index in [1.54, 1.807) is 12.5 Å². The Morgan fingerprint density at radius 3 is 2.62 bits per heavy atom. The fourth-order valence-corrected chi connectivity index (χ4v) is 7.38. The van der Waals surface area contributed by atoms with Gasteiger partial charge in [0.2, 0.25) is 5.91 Å². The Kier molecular flexibility index (Phi) is 9.85. The van der Waals surface area contributed by atoms with Gasteiger partial charge in [-0.2, -0.15) is 0 Å². The predicted octanol–water partition coefficient (Wildman–Crippen LogP) is 1.82. The first-order valence-electron chi connectivity index (χ1n) is 13.6. The molecule has 0 aliphatic carbocycles. The second-order valence-electron chi connectivity index (χ2n) is 10.5. The van der Waals surface area contributed by atoms with Crippen LogP contribution in [0.4, 0.5) is 0 Å². The van der Waals surface area contributed by atoms with Gasteiger partial charge in [0.05, 0.1) is 18.8 Å². The highest BCUT2D eigenvalue weighted by Crippen LogP contribution is 2.35. The number of benzene rings is 1. The van der Waals surface area contributed by atoms with E-state index in [0.717, 1.165) is 22.4 Å². The molecule has 4 heterocycles. The topological polar surface area (TPSA) is 133 Å². The molecule has 0 bridgehead atoms. The summed E-state index contributed by atoms with van der Waals surface area (Å²) in [6, 6.07) is 10.8. The maximum Gasteiger partial charge on any atom is 0.240 e. The van der Waals surface area contributed by atoms with E-state index in [0.29, 0.717) is 13.2 Å². The number of carbonyl (C=O) groups excluding carboxylic acids is 1. The van der Waals surface area contributed by atoms with E-state index in [2.05, 4.69) is 21.7 Å². The monoisotopic (exact) mass is 587 g/mol. The standard InChI is InChI=1S/C29H37N3O6S2/c1-16(40-20-10-8-17(9-11-20)18-7-5-12-30-14-18)21(27-24(34)23(33)25(35)29(38-27)39-2)32-28(36)22-26-19(15-31-22)6-3-4-13-37-26/h3-5,7-12,14,16,19,21-27,29,31,33-35H,6,13,15H2,1-2H3,(H,32,36)/t16-,19-,21+,22-,23?,24?,25?,26+,27?,29?/m0/s1. The third-order valence-corrected chi connectivity index (χ3v) is 9.91. The fraction of sp³-hybridized carbons (Fsp3) is 0.517. The summed E-state index contributed by atoms with van der Waals surface area (Å²) in [7, 11) is 0. The molecule has 1 amide bonds. The minimum Gasteiger partial charge on any atom is -0.388 e. The summed E-state index contributed by atoms with van der Waals surface area (Å²) >= 11 is 2.79. The van der Waals surface area contributed by atoms with Crippen LogP contribution in [0.1, 0.15) is 13.3 Å². The van der Waals surface area contributed by atoms with Gasteiger partial charge in [-0.05, 0) is 42.0 Å². The number of nitrogens with one attached hydrogen (secondary N) is 2. The van der Waals surface area contributed by atoms with Gasteiger partial charge in [0.15, 0.2) is 0 Å². The number of carbonyl (C=O) groups is 1. The molecular weight excluding hydrogens is 550 g/mol. The van der Waals surface area contributed by atoms with Crippen molar-refractivity contribution in [1.82, 2.24) is 15.6 Å². The van der Waals surface area contributed by atoms with Crippen LogP contribution in [0, 0.1) is 5.92 Å². The molecule has 1 aromatic carbocycles. The number of nitrogens with zero attached hydrogens (tertiary/aromatic N) is 1. The summed E-state index contributed by atoms with van der Waals surface area (Å²) < 4.78 is 12.1.